The van der Waals surface area contributed by atoms with Gasteiger partial charge in [0.2, 0.25) is 10.0 Å². The van der Waals surface area contributed by atoms with Crippen molar-refractivity contribution < 1.29 is 13.2 Å². The van der Waals surface area contributed by atoms with Crippen molar-refractivity contribution in [1.82, 2.24) is 9.62 Å². The molecule has 126 valence electrons. The second-order valence-corrected chi connectivity index (χ2v) is 8.03. The minimum atomic E-state index is -3.07. The van der Waals surface area contributed by atoms with Gasteiger partial charge < -0.3 is 15.8 Å². The Kier molecular flexibility index (Phi) is 4.45. The van der Waals surface area contributed by atoms with Crippen molar-refractivity contribution in [2.45, 2.75) is 12.5 Å². The highest BCUT2D eigenvalue weighted by atomic mass is 32.2. The normalized spacial score (nSPS) is 22.8. The molecule has 3 rings (SSSR count). The first-order valence-electron chi connectivity index (χ1n) is 7.67. The van der Waals surface area contributed by atoms with E-state index in [9.17, 15) is 8.42 Å². The Morgan fingerprint density at radius 2 is 2.17 bits per heavy atom. The molecule has 0 spiro atoms. The molecule has 2 aliphatic rings. The molecule has 0 aromatic heterocycles. The first-order chi connectivity index (χ1) is 10.9. The van der Waals surface area contributed by atoms with Gasteiger partial charge in [0.25, 0.3) is 0 Å². The highest BCUT2D eigenvalue weighted by Crippen LogP contribution is 2.31. The van der Waals surface area contributed by atoms with Crippen LogP contribution in [0.15, 0.2) is 29.3 Å². The van der Waals surface area contributed by atoms with E-state index in [1.807, 2.05) is 24.3 Å². The standard InChI is InChI=1S/C15H22N4O3S/c1-23(20,21)19-9-11(10-19)8-17-15(16)18-13-6-7-22-14-5-3-2-4-12(13)14/h2-5,11,13H,6-10H2,1H3,(H3,16,17,18). The Morgan fingerprint density at radius 3 is 2.91 bits per heavy atom. The molecule has 1 atom stereocenters. The third kappa shape index (κ3) is 3.76. The van der Waals surface area contributed by atoms with Crippen molar-refractivity contribution in [2.24, 2.45) is 16.6 Å². The van der Waals surface area contributed by atoms with Gasteiger partial charge in [0.05, 0.1) is 18.9 Å². The van der Waals surface area contributed by atoms with Gasteiger partial charge in [0, 0.05) is 37.5 Å². The molecule has 1 unspecified atom stereocenters. The summed E-state index contributed by atoms with van der Waals surface area (Å²) in [6.07, 6.45) is 2.06. The summed E-state index contributed by atoms with van der Waals surface area (Å²) in [5.74, 6) is 1.52. The zero-order valence-corrected chi connectivity index (χ0v) is 13.9. The molecule has 2 aliphatic heterocycles. The van der Waals surface area contributed by atoms with Crippen LogP contribution in [0.3, 0.4) is 0 Å². The van der Waals surface area contributed by atoms with E-state index >= 15 is 0 Å². The fraction of sp³-hybridized carbons (Fsp3) is 0.533. The number of fused-ring (bicyclic) bond motifs is 1. The van der Waals surface area contributed by atoms with Gasteiger partial charge in [0.15, 0.2) is 5.96 Å². The molecule has 1 fully saturated rings. The first-order valence-corrected chi connectivity index (χ1v) is 9.51. The van der Waals surface area contributed by atoms with Crippen molar-refractivity contribution in [3.05, 3.63) is 29.8 Å². The molecule has 2 heterocycles. The number of nitrogens with one attached hydrogen (secondary N) is 1. The van der Waals surface area contributed by atoms with Crippen molar-refractivity contribution >= 4 is 16.0 Å². The molecule has 8 heteroatoms. The molecule has 0 bridgehead atoms. The Morgan fingerprint density at radius 1 is 1.43 bits per heavy atom. The van der Waals surface area contributed by atoms with Gasteiger partial charge in [-0.25, -0.2) is 12.7 Å². The fourth-order valence-electron chi connectivity index (χ4n) is 2.85. The molecule has 1 aromatic carbocycles. The number of aliphatic imine (C=N–C) groups is 1. The Balaban J connectivity index is 1.53. The number of guanidine groups is 1. The van der Waals surface area contributed by atoms with Gasteiger partial charge in [-0.1, -0.05) is 18.2 Å². The van der Waals surface area contributed by atoms with Gasteiger partial charge in [-0.15, -0.1) is 0 Å². The second-order valence-electron chi connectivity index (χ2n) is 6.04. The van der Waals surface area contributed by atoms with Gasteiger partial charge in [0.1, 0.15) is 5.75 Å². The van der Waals surface area contributed by atoms with Crippen molar-refractivity contribution in [1.29, 1.82) is 0 Å². The minimum Gasteiger partial charge on any atom is -0.493 e. The number of para-hydroxylation sites is 1. The van der Waals surface area contributed by atoms with E-state index in [4.69, 9.17) is 10.5 Å². The van der Waals surface area contributed by atoms with E-state index in [-0.39, 0.29) is 12.0 Å². The lowest BCUT2D eigenvalue weighted by molar-refractivity contribution is 0.209. The van der Waals surface area contributed by atoms with Crippen LogP contribution < -0.4 is 15.8 Å². The van der Waals surface area contributed by atoms with Gasteiger partial charge >= 0.3 is 0 Å². The van der Waals surface area contributed by atoms with Crippen molar-refractivity contribution in [3.63, 3.8) is 0 Å². The van der Waals surface area contributed by atoms with Gasteiger partial charge in [-0.3, -0.25) is 4.99 Å². The van der Waals surface area contributed by atoms with Crippen molar-refractivity contribution in [3.8, 4) is 5.75 Å². The summed E-state index contributed by atoms with van der Waals surface area (Å²) in [4.78, 5) is 4.35. The zero-order chi connectivity index (χ0) is 16.4. The van der Waals surface area contributed by atoms with Crippen LogP contribution >= 0.6 is 0 Å². The summed E-state index contributed by atoms with van der Waals surface area (Å²) in [6.45, 7) is 2.23. The average molecular weight is 338 g/mol. The van der Waals surface area contributed by atoms with E-state index in [0.29, 0.717) is 32.2 Å². The summed E-state index contributed by atoms with van der Waals surface area (Å²) >= 11 is 0. The summed E-state index contributed by atoms with van der Waals surface area (Å²) in [6, 6.07) is 7.99. The van der Waals surface area contributed by atoms with E-state index in [1.54, 1.807) is 0 Å². The van der Waals surface area contributed by atoms with Gasteiger partial charge in [-0.05, 0) is 6.07 Å². The maximum absolute atomic E-state index is 11.3. The van der Waals surface area contributed by atoms with Crippen LogP contribution in [0, 0.1) is 5.92 Å². The van der Waals surface area contributed by atoms with E-state index in [0.717, 1.165) is 17.7 Å². The van der Waals surface area contributed by atoms with E-state index in [2.05, 4.69) is 10.3 Å². The van der Waals surface area contributed by atoms with Crippen LogP contribution in [0.2, 0.25) is 0 Å². The number of benzene rings is 1. The summed E-state index contributed by atoms with van der Waals surface area (Å²) in [7, 11) is -3.07. The van der Waals surface area contributed by atoms with Crippen LogP contribution in [0.1, 0.15) is 18.0 Å². The number of hydrogen-bond acceptors (Lipinski definition) is 4. The number of hydrogen-bond donors (Lipinski definition) is 2. The third-order valence-electron chi connectivity index (χ3n) is 4.19. The summed E-state index contributed by atoms with van der Waals surface area (Å²) < 4.78 is 29.7. The lowest BCUT2D eigenvalue weighted by atomic mass is 10.0. The number of sulfonamides is 1. The van der Waals surface area contributed by atoms with Crippen LogP contribution in [0.4, 0.5) is 0 Å². The van der Waals surface area contributed by atoms with Crippen molar-refractivity contribution in [2.75, 3.05) is 32.5 Å². The van der Waals surface area contributed by atoms with Crippen LogP contribution in [0.25, 0.3) is 0 Å². The third-order valence-corrected chi connectivity index (χ3v) is 5.43. The van der Waals surface area contributed by atoms with Crippen LogP contribution in [-0.4, -0.2) is 51.2 Å². The molecule has 0 radical (unpaired) electrons. The highest BCUT2D eigenvalue weighted by molar-refractivity contribution is 7.88. The van der Waals surface area contributed by atoms with E-state index in [1.165, 1.54) is 10.6 Å². The quantitative estimate of drug-likeness (QED) is 0.608. The minimum absolute atomic E-state index is 0.0950. The smallest absolute Gasteiger partial charge is 0.211 e. The number of ether oxygens (including phenoxy) is 1. The fourth-order valence-corrected chi connectivity index (χ4v) is 3.82. The Bertz CT molecular complexity index is 698. The van der Waals surface area contributed by atoms with Gasteiger partial charge in [-0.2, -0.15) is 0 Å². The monoisotopic (exact) mass is 338 g/mol. The molecule has 3 N–H and O–H groups in total. The predicted octanol–water partition coefficient (Wildman–Crippen LogP) is 0.306. The molecule has 0 saturated carbocycles. The molecular formula is C15H22N4O3S. The average Bonchev–Trinajstić information content (AvgIpc) is 2.44. The summed E-state index contributed by atoms with van der Waals surface area (Å²) in [5, 5.41) is 3.24. The molecule has 23 heavy (non-hydrogen) atoms. The van der Waals surface area contributed by atoms with E-state index < -0.39 is 10.0 Å². The second kappa shape index (κ2) is 6.37. The molecule has 0 aliphatic carbocycles. The lowest BCUT2D eigenvalue weighted by Crippen LogP contribution is -2.50. The van der Waals surface area contributed by atoms with Crippen LogP contribution in [-0.2, 0) is 10.0 Å². The number of nitrogens with two attached hydrogens (primary N) is 1. The largest absolute Gasteiger partial charge is 0.493 e. The molecule has 0 amide bonds. The molecule has 1 saturated heterocycles. The Hall–Kier alpha value is -1.80. The predicted molar refractivity (Wildman–Crippen MR) is 88.8 cm³/mol. The maximum atomic E-state index is 11.3. The molecular weight excluding hydrogens is 316 g/mol. The van der Waals surface area contributed by atoms with Crippen LogP contribution in [0.5, 0.6) is 5.75 Å². The SMILES string of the molecule is CS(=O)(=O)N1CC(CN=C(N)NC2CCOc3ccccc32)C1. The number of nitrogens with zero attached hydrogens (tertiary/aromatic N) is 2. The zero-order valence-electron chi connectivity index (χ0n) is 13.1. The topological polar surface area (TPSA) is 97.0 Å². The Labute approximate surface area is 136 Å². The first kappa shape index (κ1) is 16.1. The maximum Gasteiger partial charge on any atom is 0.211 e. The molecule has 1 aromatic rings. The highest BCUT2D eigenvalue weighted by Gasteiger charge is 2.32. The lowest BCUT2D eigenvalue weighted by Gasteiger charge is -2.36. The summed E-state index contributed by atoms with van der Waals surface area (Å²) in [5.41, 5.74) is 7.06. The number of rotatable bonds is 4. The molecule has 7 nitrogen and oxygen atoms in total.